The first-order valence-corrected chi connectivity index (χ1v) is 12.1. The van der Waals surface area contributed by atoms with Crippen LogP contribution < -0.4 is 10.6 Å². The molecule has 0 bridgehead atoms. The Balaban J connectivity index is 1.67. The molecule has 12 heteroatoms. The molecule has 2 N–H and O–H groups in total. The van der Waals surface area contributed by atoms with Gasteiger partial charge in [-0.05, 0) is 37.3 Å². The molecule has 0 aliphatic rings. The van der Waals surface area contributed by atoms with Crippen LogP contribution in [-0.2, 0) is 11.3 Å². The largest absolute Gasteiger partial charge is 0.465 e. The molecule has 9 nitrogen and oxygen atoms in total. The van der Waals surface area contributed by atoms with E-state index in [9.17, 15) is 14.4 Å². The first-order chi connectivity index (χ1) is 17.3. The molecule has 0 saturated heterocycles. The van der Waals surface area contributed by atoms with Gasteiger partial charge in [0.15, 0.2) is 11.6 Å². The minimum atomic E-state index is -0.594. The van der Waals surface area contributed by atoms with E-state index in [-0.39, 0.29) is 33.4 Å². The van der Waals surface area contributed by atoms with Gasteiger partial charge < -0.3 is 15.4 Å². The molecule has 36 heavy (non-hydrogen) atoms. The minimum Gasteiger partial charge on any atom is -0.465 e. The van der Waals surface area contributed by atoms with Crippen LogP contribution in [0.2, 0.25) is 10.0 Å². The molecule has 4 aromatic rings. The van der Waals surface area contributed by atoms with E-state index >= 15 is 0 Å². The number of amides is 2. The number of hydrogen-bond donors (Lipinski definition) is 2. The Morgan fingerprint density at radius 2 is 1.69 bits per heavy atom. The van der Waals surface area contributed by atoms with Gasteiger partial charge in [-0.3, -0.25) is 9.36 Å². The van der Waals surface area contributed by atoms with Crippen LogP contribution in [-0.4, -0.2) is 39.7 Å². The van der Waals surface area contributed by atoms with Gasteiger partial charge in [0.05, 0.1) is 35.0 Å². The molecule has 0 aliphatic carbocycles. The number of ether oxygens (including phenoxy) is 1. The molecular formula is C24H19Cl2N5O4S. The highest BCUT2D eigenvalue weighted by molar-refractivity contribution is 7.16. The van der Waals surface area contributed by atoms with Crippen LogP contribution in [0, 0.1) is 6.92 Å². The third kappa shape index (κ3) is 5.25. The van der Waals surface area contributed by atoms with Crippen molar-refractivity contribution in [3.05, 3.63) is 92.3 Å². The lowest BCUT2D eigenvalue weighted by Crippen LogP contribution is -2.29. The fourth-order valence-electron chi connectivity index (χ4n) is 3.38. The molecular weight excluding hydrogens is 525 g/mol. The molecule has 0 aliphatic heterocycles. The van der Waals surface area contributed by atoms with Crippen LogP contribution in [0.1, 0.15) is 37.2 Å². The van der Waals surface area contributed by atoms with Crippen molar-refractivity contribution >= 4 is 58.0 Å². The maximum Gasteiger partial charge on any atom is 0.348 e. The smallest absolute Gasteiger partial charge is 0.348 e. The van der Waals surface area contributed by atoms with Crippen LogP contribution >= 0.6 is 34.5 Å². The van der Waals surface area contributed by atoms with Crippen LogP contribution in [0.25, 0.3) is 5.00 Å². The lowest BCUT2D eigenvalue weighted by atomic mass is 10.0. The van der Waals surface area contributed by atoms with E-state index in [1.54, 1.807) is 60.0 Å². The average Bonchev–Trinajstić information content (AvgIpc) is 3.46. The molecule has 0 unspecified atom stereocenters. The summed E-state index contributed by atoms with van der Waals surface area (Å²) in [6.45, 7) is 1.67. The topological polar surface area (TPSA) is 115 Å². The van der Waals surface area contributed by atoms with Crippen molar-refractivity contribution in [3.63, 3.8) is 0 Å². The number of nitrogens with zero attached hydrogens (tertiary/aromatic N) is 3. The Hall–Kier alpha value is -3.73. The number of aromatic nitrogens is 3. The van der Waals surface area contributed by atoms with Crippen molar-refractivity contribution in [3.8, 4) is 5.00 Å². The number of carbonyl (C=O) groups excluding carboxylic acids is 3. The number of hydrogen-bond acceptors (Lipinski definition) is 7. The molecule has 0 radical (unpaired) electrons. The van der Waals surface area contributed by atoms with Gasteiger partial charge in [0, 0.05) is 5.56 Å². The Morgan fingerprint density at radius 3 is 2.39 bits per heavy atom. The molecule has 0 fully saturated rings. The van der Waals surface area contributed by atoms with Gasteiger partial charge in [0.2, 0.25) is 0 Å². The Labute approximate surface area is 220 Å². The predicted molar refractivity (Wildman–Crippen MR) is 138 cm³/mol. The Bertz CT molecular complexity index is 1470. The van der Waals surface area contributed by atoms with E-state index in [0.29, 0.717) is 27.4 Å². The van der Waals surface area contributed by atoms with E-state index in [4.69, 9.17) is 27.9 Å². The van der Waals surface area contributed by atoms with Crippen LogP contribution in [0.3, 0.4) is 0 Å². The second-order valence-corrected chi connectivity index (χ2v) is 9.26. The highest BCUT2D eigenvalue weighted by Crippen LogP contribution is 2.32. The first-order valence-electron chi connectivity index (χ1n) is 10.5. The van der Waals surface area contributed by atoms with Gasteiger partial charge in [-0.15, -0.1) is 21.5 Å². The third-order valence-corrected chi connectivity index (χ3v) is 6.85. The van der Waals surface area contributed by atoms with Crippen molar-refractivity contribution in [2.24, 2.45) is 0 Å². The number of nitrogens with one attached hydrogen (secondary N) is 2. The molecule has 0 atom stereocenters. The van der Waals surface area contributed by atoms with Crippen LogP contribution in [0.15, 0.2) is 54.6 Å². The number of esters is 1. The van der Waals surface area contributed by atoms with Gasteiger partial charge >= 0.3 is 12.0 Å². The maximum atomic E-state index is 13.5. The zero-order valence-electron chi connectivity index (χ0n) is 19.0. The molecule has 2 aromatic heterocycles. The van der Waals surface area contributed by atoms with E-state index in [2.05, 4.69) is 20.8 Å². The molecule has 4 rings (SSSR count). The van der Waals surface area contributed by atoms with Gasteiger partial charge in [0.1, 0.15) is 15.7 Å². The summed E-state index contributed by atoms with van der Waals surface area (Å²) in [5, 5.41) is 14.7. The molecule has 0 saturated carbocycles. The van der Waals surface area contributed by atoms with Crippen molar-refractivity contribution < 1.29 is 19.1 Å². The number of carbonyl (C=O) groups is 3. The number of urea groups is 1. The molecule has 184 valence electrons. The van der Waals surface area contributed by atoms with Crippen LogP contribution in [0.5, 0.6) is 0 Å². The number of ketones is 1. The number of aryl methyl sites for hydroxylation is 1. The molecule has 2 aromatic carbocycles. The van der Waals surface area contributed by atoms with Crippen molar-refractivity contribution in [1.29, 1.82) is 0 Å². The van der Waals surface area contributed by atoms with Gasteiger partial charge in [-0.2, -0.15) is 0 Å². The second kappa shape index (κ2) is 10.9. The molecule has 0 spiro atoms. The standard InChI is InChI=1S/C24H19Cl2N5O4S/c1-13-29-30-20(12-27-24(34)28-18-10-6-5-9-17(18)26)31(13)22-15(11-19(36-22)23(33)35-2)21(32)14-7-3-4-8-16(14)25/h3-11H,12H2,1-2H3,(H2,27,28,34). The lowest BCUT2D eigenvalue weighted by molar-refractivity contribution is 0.0606. The molecule has 2 amide bonds. The van der Waals surface area contributed by atoms with E-state index in [0.717, 1.165) is 11.3 Å². The Morgan fingerprint density at radius 1 is 1.00 bits per heavy atom. The summed E-state index contributed by atoms with van der Waals surface area (Å²) >= 11 is 13.4. The minimum absolute atomic E-state index is 0.0255. The van der Waals surface area contributed by atoms with Gasteiger partial charge in [-0.1, -0.05) is 47.5 Å². The zero-order valence-corrected chi connectivity index (χ0v) is 21.4. The van der Waals surface area contributed by atoms with E-state index in [1.165, 1.54) is 13.2 Å². The first kappa shape index (κ1) is 25.4. The lowest BCUT2D eigenvalue weighted by Gasteiger charge is -2.11. The SMILES string of the molecule is COC(=O)c1cc(C(=O)c2ccccc2Cl)c(-n2c(C)nnc2CNC(=O)Nc2ccccc2Cl)s1. The summed E-state index contributed by atoms with van der Waals surface area (Å²) in [6.07, 6.45) is 0. The number of halogens is 2. The fraction of sp³-hybridized carbons (Fsp3) is 0.125. The third-order valence-electron chi connectivity index (χ3n) is 5.09. The highest BCUT2D eigenvalue weighted by Gasteiger charge is 2.26. The number of rotatable bonds is 7. The summed E-state index contributed by atoms with van der Waals surface area (Å²) in [5.74, 6) is -0.187. The summed E-state index contributed by atoms with van der Waals surface area (Å²) in [7, 11) is 1.26. The fourth-order valence-corrected chi connectivity index (χ4v) is 4.92. The van der Waals surface area contributed by atoms with Crippen molar-refractivity contribution in [2.75, 3.05) is 12.4 Å². The molecule has 2 heterocycles. The number of benzene rings is 2. The second-order valence-electron chi connectivity index (χ2n) is 7.42. The summed E-state index contributed by atoms with van der Waals surface area (Å²) in [5.41, 5.74) is 0.945. The highest BCUT2D eigenvalue weighted by atomic mass is 35.5. The number of anilines is 1. The number of para-hydroxylation sites is 1. The number of methoxy groups -OCH3 is 1. The quantitative estimate of drug-likeness (QED) is 0.242. The Kier molecular flexibility index (Phi) is 7.68. The van der Waals surface area contributed by atoms with Gasteiger partial charge in [0.25, 0.3) is 0 Å². The summed E-state index contributed by atoms with van der Waals surface area (Å²) in [6, 6.07) is 14.4. The van der Waals surface area contributed by atoms with E-state index in [1.807, 2.05) is 0 Å². The van der Waals surface area contributed by atoms with Gasteiger partial charge in [-0.25, -0.2) is 9.59 Å². The summed E-state index contributed by atoms with van der Waals surface area (Å²) < 4.78 is 6.46. The maximum absolute atomic E-state index is 13.5. The summed E-state index contributed by atoms with van der Waals surface area (Å²) in [4.78, 5) is 38.4. The van der Waals surface area contributed by atoms with Crippen molar-refractivity contribution in [1.82, 2.24) is 20.1 Å². The van der Waals surface area contributed by atoms with E-state index < -0.39 is 12.0 Å². The van der Waals surface area contributed by atoms with Crippen LogP contribution in [0.4, 0.5) is 10.5 Å². The number of thiophene rings is 1. The zero-order chi connectivity index (χ0) is 25.8. The monoisotopic (exact) mass is 543 g/mol. The normalized spacial score (nSPS) is 10.7. The predicted octanol–water partition coefficient (Wildman–Crippen LogP) is 5.28. The average molecular weight is 544 g/mol. The van der Waals surface area contributed by atoms with Crippen molar-refractivity contribution in [2.45, 2.75) is 13.5 Å².